The van der Waals surface area contributed by atoms with Crippen molar-refractivity contribution in [3.05, 3.63) is 82.3 Å². The van der Waals surface area contributed by atoms with Gasteiger partial charge in [0.15, 0.2) is 0 Å². The Labute approximate surface area is 348 Å². The number of nitrogens with one attached hydrogen (secondary N) is 4. The predicted octanol–water partition coefficient (Wildman–Crippen LogP) is 4.35. The summed E-state index contributed by atoms with van der Waals surface area (Å²) < 4.78 is 0. The van der Waals surface area contributed by atoms with Crippen LogP contribution in [0.5, 0.6) is 0 Å². The van der Waals surface area contributed by atoms with Crippen molar-refractivity contribution in [1.29, 1.82) is 0 Å². The molecule has 0 bridgehead atoms. The van der Waals surface area contributed by atoms with Crippen LogP contribution in [0, 0.1) is 23.7 Å². The quantitative estimate of drug-likeness (QED) is 0.0764. The first kappa shape index (κ1) is 46.3. The number of likely N-dealkylation sites (tertiary alicyclic amines) is 1. The second-order valence-electron chi connectivity index (χ2n) is 16.5. The molecule has 8 N–H and O–H groups in total. The summed E-state index contributed by atoms with van der Waals surface area (Å²) in [4.78, 5) is 61.0. The maximum Gasteiger partial charge on any atom is 0.243 e. The first-order valence-electron chi connectivity index (χ1n) is 20.7. The van der Waals surface area contributed by atoms with E-state index in [-0.39, 0.29) is 47.9 Å². The number of aliphatic hydroxyl groups excluding tert-OH is 2. The largest absolute Gasteiger partial charge is 0.399 e. The SMILES string of the molecule is CC[C@H](C)[C@H](NC(=O)[C@@H](NC(=O)[C@@H](NCc1cccc(N)c1)C(C)C)C(C)C)[C@H](O)CC(=O)N1CCC[C@H]1[C@H](O)[C@@H](C)C(=O)N[C@@H](Cc1ccccc1)c1nccs1. The van der Waals surface area contributed by atoms with Crippen LogP contribution < -0.4 is 27.0 Å². The van der Waals surface area contributed by atoms with Gasteiger partial charge in [0.25, 0.3) is 0 Å². The molecule has 318 valence electrons. The second-order valence-corrected chi connectivity index (χ2v) is 17.4. The first-order valence-corrected chi connectivity index (χ1v) is 21.6. The van der Waals surface area contributed by atoms with Crippen LogP contribution in [0.25, 0.3) is 0 Å². The van der Waals surface area contributed by atoms with Crippen molar-refractivity contribution in [2.75, 3.05) is 12.3 Å². The van der Waals surface area contributed by atoms with Crippen molar-refractivity contribution in [2.24, 2.45) is 23.7 Å². The molecule has 3 aromatic rings. The summed E-state index contributed by atoms with van der Waals surface area (Å²) in [5.74, 6) is -2.87. The molecule has 0 aliphatic carbocycles. The van der Waals surface area contributed by atoms with E-state index < -0.39 is 48.2 Å². The molecule has 58 heavy (non-hydrogen) atoms. The van der Waals surface area contributed by atoms with Gasteiger partial charge in [-0.05, 0) is 60.3 Å². The molecule has 9 atom stereocenters. The summed E-state index contributed by atoms with van der Waals surface area (Å²) in [6.45, 7) is 13.8. The number of carbonyl (C=O) groups is 4. The number of anilines is 1. The van der Waals surface area contributed by atoms with E-state index in [2.05, 4.69) is 26.3 Å². The topological polar surface area (TPSA) is 199 Å². The summed E-state index contributed by atoms with van der Waals surface area (Å²) in [6.07, 6.45) is 1.32. The van der Waals surface area contributed by atoms with E-state index in [1.165, 1.54) is 11.3 Å². The Kier molecular flexibility index (Phi) is 17.7. The number of thiazole rings is 1. The predicted molar refractivity (Wildman–Crippen MR) is 228 cm³/mol. The van der Waals surface area contributed by atoms with Gasteiger partial charge in [0.1, 0.15) is 11.0 Å². The van der Waals surface area contributed by atoms with Gasteiger partial charge in [0.05, 0.1) is 48.7 Å². The second kappa shape index (κ2) is 22.1. The fraction of sp³-hybridized carbons (Fsp3) is 0.568. The minimum atomic E-state index is -1.24. The highest BCUT2D eigenvalue weighted by atomic mass is 32.1. The number of nitrogens with two attached hydrogens (primary N) is 1. The van der Waals surface area contributed by atoms with Crippen molar-refractivity contribution in [3.63, 3.8) is 0 Å². The Balaban J connectivity index is 1.39. The molecule has 1 aliphatic heterocycles. The normalized spacial score (nSPS) is 18.5. The number of aliphatic hydroxyl groups is 2. The molecule has 1 aliphatic rings. The Hall–Kier alpha value is -4.37. The van der Waals surface area contributed by atoms with Crippen LogP contribution in [-0.2, 0) is 32.1 Å². The van der Waals surface area contributed by atoms with Crippen molar-refractivity contribution in [1.82, 2.24) is 31.2 Å². The van der Waals surface area contributed by atoms with Gasteiger partial charge in [0, 0.05) is 30.4 Å². The molecule has 14 heteroatoms. The summed E-state index contributed by atoms with van der Waals surface area (Å²) in [7, 11) is 0. The maximum absolute atomic E-state index is 13.9. The third-order valence-corrected chi connectivity index (χ3v) is 12.2. The van der Waals surface area contributed by atoms with E-state index in [9.17, 15) is 29.4 Å². The van der Waals surface area contributed by atoms with Crippen LogP contribution in [0.15, 0.2) is 66.2 Å². The molecular weight excluding hydrogens is 755 g/mol. The Morgan fingerprint density at radius 3 is 2.17 bits per heavy atom. The lowest BCUT2D eigenvalue weighted by Gasteiger charge is -2.35. The molecule has 1 aromatic heterocycles. The van der Waals surface area contributed by atoms with E-state index in [1.807, 2.05) is 95.5 Å². The number of aromatic nitrogens is 1. The first-order chi connectivity index (χ1) is 27.6. The Morgan fingerprint density at radius 2 is 1.55 bits per heavy atom. The monoisotopic (exact) mass is 819 g/mol. The van der Waals surface area contributed by atoms with E-state index >= 15 is 0 Å². The van der Waals surface area contributed by atoms with Crippen LogP contribution in [0.3, 0.4) is 0 Å². The number of carbonyl (C=O) groups excluding carboxylic acids is 4. The molecule has 0 radical (unpaired) electrons. The number of hydrogen-bond acceptors (Lipinski definition) is 10. The van der Waals surface area contributed by atoms with E-state index in [0.29, 0.717) is 44.5 Å². The molecule has 0 saturated carbocycles. The molecule has 2 heterocycles. The fourth-order valence-corrected chi connectivity index (χ4v) is 8.28. The standard InChI is InChI=1S/C44H65N7O6S/c1-8-28(6)39(50-43(57)38(27(4)5)49-42(56)37(26(2)3)47-25-31-16-12-17-32(45)22-31)35(52)24-36(53)51-20-13-18-34(51)40(54)29(7)41(55)48-33(44-46-19-21-58-44)23-30-14-10-9-11-15-30/h9-12,14-17,19,21-22,26-29,33-35,37-40,47,52,54H,8,13,18,20,23-25,45H2,1-7H3,(H,48,55)(H,49,56)(H,50,57)/t28-,29+,33-,34-,35+,37-,38-,39-,40+/m0/s1. The van der Waals surface area contributed by atoms with Gasteiger partial charge in [-0.2, -0.15) is 0 Å². The van der Waals surface area contributed by atoms with Crippen molar-refractivity contribution in [3.8, 4) is 0 Å². The molecule has 13 nitrogen and oxygen atoms in total. The molecule has 0 unspecified atom stereocenters. The van der Waals surface area contributed by atoms with Gasteiger partial charge in [0.2, 0.25) is 23.6 Å². The highest BCUT2D eigenvalue weighted by Crippen LogP contribution is 2.28. The smallest absolute Gasteiger partial charge is 0.243 e. The van der Waals surface area contributed by atoms with E-state index in [1.54, 1.807) is 24.1 Å². The minimum absolute atomic E-state index is 0.0805. The lowest BCUT2D eigenvalue weighted by Crippen LogP contribution is -2.59. The zero-order valence-electron chi connectivity index (χ0n) is 35.1. The molecule has 1 saturated heterocycles. The average Bonchev–Trinajstić information content (AvgIpc) is 3.92. The van der Waals surface area contributed by atoms with Crippen molar-refractivity contribution >= 4 is 40.7 Å². The van der Waals surface area contributed by atoms with Gasteiger partial charge in [-0.1, -0.05) is 97.4 Å². The van der Waals surface area contributed by atoms with Crippen LogP contribution in [0.2, 0.25) is 0 Å². The zero-order valence-corrected chi connectivity index (χ0v) is 35.9. The molecule has 1 fully saturated rings. The van der Waals surface area contributed by atoms with Gasteiger partial charge >= 0.3 is 0 Å². The highest BCUT2D eigenvalue weighted by molar-refractivity contribution is 7.09. The molecule has 2 aromatic carbocycles. The van der Waals surface area contributed by atoms with Gasteiger partial charge in [-0.25, -0.2) is 4.98 Å². The van der Waals surface area contributed by atoms with Crippen LogP contribution in [0.1, 0.15) is 96.3 Å². The third-order valence-electron chi connectivity index (χ3n) is 11.3. The van der Waals surface area contributed by atoms with E-state index in [4.69, 9.17) is 5.73 Å². The lowest BCUT2D eigenvalue weighted by molar-refractivity contribution is -0.141. The molecule has 4 amide bonds. The molecule has 4 rings (SSSR count). The summed E-state index contributed by atoms with van der Waals surface area (Å²) >= 11 is 1.45. The van der Waals surface area contributed by atoms with Gasteiger partial charge < -0.3 is 42.1 Å². The fourth-order valence-electron chi connectivity index (χ4n) is 7.59. The lowest BCUT2D eigenvalue weighted by atomic mass is 9.90. The molecular formula is C44H65N7O6S. The number of nitrogen functional groups attached to an aromatic ring is 1. The third kappa shape index (κ3) is 12.8. The Bertz CT molecular complexity index is 1760. The van der Waals surface area contributed by atoms with Crippen molar-refractivity contribution in [2.45, 2.75) is 130 Å². The highest BCUT2D eigenvalue weighted by Gasteiger charge is 2.41. The Morgan fingerprint density at radius 1 is 0.879 bits per heavy atom. The van der Waals surface area contributed by atoms with Crippen molar-refractivity contribution < 1.29 is 29.4 Å². The number of hydrogen-bond donors (Lipinski definition) is 7. The van der Waals surface area contributed by atoms with Gasteiger partial charge in [-0.3, -0.25) is 19.2 Å². The summed E-state index contributed by atoms with van der Waals surface area (Å²) in [5, 5.41) is 38.1. The van der Waals surface area contributed by atoms with Crippen LogP contribution in [0.4, 0.5) is 5.69 Å². The van der Waals surface area contributed by atoms with Crippen LogP contribution in [-0.4, -0.2) is 86.6 Å². The summed E-state index contributed by atoms with van der Waals surface area (Å²) in [5.41, 5.74) is 8.54. The van der Waals surface area contributed by atoms with Crippen LogP contribution >= 0.6 is 11.3 Å². The number of nitrogens with zero attached hydrogens (tertiary/aromatic N) is 2. The van der Waals surface area contributed by atoms with E-state index in [0.717, 1.165) is 16.1 Å². The number of rotatable bonds is 21. The number of benzene rings is 2. The average molecular weight is 820 g/mol. The summed E-state index contributed by atoms with van der Waals surface area (Å²) in [6, 6.07) is 14.0. The number of amides is 4. The molecule has 0 spiro atoms. The minimum Gasteiger partial charge on any atom is -0.399 e. The van der Waals surface area contributed by atoms with Gasteiger partial charge in [-0.15, -0.1) is 11.3 Å². The zero-order chi connectivity index (χ0) is 42.5. The maximum atomic E-state index is 13.9.